The fourth-order valence-electron chi connectivity index (χ4n) is 3.43. The zero-order valence-corrected chi connectivity index (χ0v) is 17.1. The minimum Gasteiger partial charge on any atom is -0.465 e. The van der Waals surface area contributed by atoms with Gasteiger partial charge in [0.05, 0.1) is 36.7 Å². The predicted octanol–water partition coefficient (Wildman–Crippen LogP) is 4.96. The van der Waals surface area contributed by atoms with Crippen LogP contribution in [0.25, 0.3) is 33.2 Å². The largest absolute Gasteiger partial charge is 0.465 e. The second kappa shape index (κ2) is 6.83. The van der Waals surface area contributed by atoms with Gasteiger partial charge in [-0.05, 0) is 48.9 Å². The van der Waals surface area contributed by atoms with Crippen LogP contribution in [0.15, 0.2) is 40.9 Å². The first-order valence-corrected chi connectivity index (χ1v) is 9.33. The Bertz CT molecular complexity index is 1150. The van der Waals surface area contributed by atoms with Crippen molar-refractivity contribution in [2.24, 2.45) is 0 Å². The van der Waals surface area contributed by atoms with Crippen molar-refractivity contribution in [3.63, 3.8) is 0 Å². The fraction of sp³-hybridized carbons (Fsp3) is 0.143. The number of aromatic nitrogens is 2. The molecule has 0 unspecified atom stereocenters. The third-order valence-corrected chi connectivity index (χ3v) is 5.14. The lowest BCUT2D eigenvalue weighted by molar-refractivity contribution is 0.0594. The fourth-order valence-corrected chi connectivity index (χ4v) is 3.89. The van der Waals surface area contributed by atoms with Crippen molar-refractivity contribution in [3.05, 3.63) is 57.6 Å². The number of esters is 2. The van der Waals surface area contributed by atoms with Gasteiger partial charge in [-0.1, -0.05) is 15.9 Å². The molecule has 0 fully saturated rings. The third-order valence-electron chi connectivity index (χ3n) is 4.69. The summed E-state index contributed by atoms with van der Waals surface area (Å²) in [6.07, 6.45) is 0. The second-order valence-electron chi connectivity index (χ2n) is 6.54. The van der Waals surface area contributed by atoms with E-state index in [9.17, 15) is 9.59 Å². The van der Waals surface area contributed by atoms with E-state index in [1.54, 1.807) is 6.07 Å². The van der Waals surface area contributed by atoms with Crippen molar-refractivity contribution in [1.82, 2.24) is 9.97 Å². The number of aromatic amines is 2. The summed E-state index contributed by atoms with van der Waals surface area (Å²) in [5.74, 6) is -0.787. The van der Waals surface area contributed by atoms with Crippen LogP contribution in [0.2, 0.25) is 0 Å². The Kier molecular flexibility index (Phi) is 4.47. The van der Waals surface area contributed by atoms with Crippen LogP contribution < -0.4 is 0 Å². The maximum Gasteiger partial charge on any atom is 0.338 e. The highest BCUT2D eigenvalue weighted by molar-refractivity contribution is 9.10. The van der Waals surface area contributed by atoms with E-state index in [0.29, 0.717) is 11.1 Å². The Labute approximate surface area is 169 Å². The number of halogens is 1. The van der Waals surface area contributed by atoms with E-state index in [4.69, 9.17) is 9.47 Å². The molecule has 7 heteroatoms. The van der Waals surface area contributed by atoms with Gasteiger partial charge in [0.2, 0.25) is 0 Å². The van der Waals surface area contributed by atoms with Crippen LogP contribution in [0.5, 0.6) is 0 Å². The lowest BCUT2D eigenvalue weighted by Gasteiger charge is -2.02. The quantitative estimate of drug-likeness (QED) is 0.440. The number of benzene rings is 2. The number of carbonyl (C=O) groups is 2. The number of H-pyrrole nitrogens is 2. The average Bonchev–Trinajstić information content (AvgIpc) is 3.28. The molecule has 4 aromatic rings. The van der Waals surface area contributed by atoms with Gasteiger partial charge >= 0.3 is 11.9 Å². The summed E-state index contributed by atoms with van der Waals surface area (Å²) >= 11 is 3.43. The van der Waals surface area contributed by atoms with Crippen LogP contribution in [0.4, 0.5) is 0 Å². The molecule has 2 aromatic carbocycles. The summed E-state index contributed by atoms with van der Waals surface area (Å²) in [7, 11) is 2.73. The Morgan fingerprint density at radius 2 is 1.29 bits per heavy atom. The number of carbonyl (C=O) groups excluding carboxylic acids is 2. The number of nitrogens with one attached hydrogen (secondary N) is 2. The number of ether oxygens (including phenoxy) is 2. The van der Waals surface area contributed by atoms with Crippen molar-refractivity contribution in [2.75, 3.05) is 14.2 Å². The number of hydrogen-bond acceptors (Lipinski definition) is 4. The predicted molar refractivity (Wildman–Crippen MR) is 111 cm³/mol. The number of methoxy groups -OCH3 is 2. The molecule has 2 N–H and O–H groups in total. The molecule has 142 valence electrons. The molecule has 0 aliphatic rings. The maximum absolute atomic E-state index is 12.2. The number of hydrogen-bond donors (Lipinski definition) is 2. The van der Waals surface area contributed by atoms with Gasteiger partial charge in [-0.3, -0.25) is 0 Å². The lowest BCUT2D eigenvalue weighted by atomic mass is 10.1. The van der Waals surface area contributed by atoms with Gasteiger partial charge in [0.1, 0.15) is 0 Å². The first-order valence-electron chi connectivity index (χ1n) is 8.54. The standard InChI is InChI=1S/C21H17BrN2O4/c1-10-4-14(20(25)27-2)12-8-18(23-16(12)5-10)19-9-13-15(21(26)28-3)6-11(22)7-17(13)24-19/h4-9,23-24H,1-3H3. The normalized spacial score (nSPS) is 11.1. The Morgan fingerprint density at radius 3 is 1.82 bits per heavy atom. The summed E-state index contributed by atoms with van der Waals surface area (Å²) in [5.41, 5.74) is 5.16. The Balaban J connectivity index is 1.92. The molecule has 6 nitrogen and oxygen atoms in total. The molecule has 2 aromatic heterocycles. The van der Waals surface area contributed by atoms with Crippen molar-refractivity contribution in [1.29, 1.82) is 0 Å². The number of aryl methyl sites for hydroxylation is 1. The molecule has 0 aliphatic carbocycles. The summed E-state index contributed by atoms with van der Waals surface area (Å²) in [5, 5.41) is 1.54. The van der Waals surface area contributed by atoms with E-state index >= 15 is 0 Å². The zero-order valence-electron chi connectivity index (χ0n) is 15.5. The third kappa shape index (κ3) is 2.97. The summed E-state index contributed by atoms with van der Waals surface area (Å²) in [6, 6.07) is 11.2. The first kappa shape index (κ1) is 18.3. The molecule has 0 spiro atoms. The van der Waals surface area contributed by atoms with Crippen LogP contribution in [0.3, 0.4) is 0 Å². The van der Waals surface area contributed by atoms with Crippen molar-refractivity contribution in [3.8, 4) is 11.4 Å². The van der Waals surface area contributed by atoms with Gasteiger partial charge in [0.15, 0.2) is 0 Å². The zero-order chi connectivity index (χ0) is 20.0. The molecular weight excluding hydrogens is 424 g/mol. The van der Waals surface area contributed by atoms with Crippen molar-refractivity contribution >= 4 is 49.7 Å². The highest BCUT2D eigenvalue weighted by atomic mass is 79.9. The van der Waals surface area contributed by atoms with E-state index in [2.05, 4.69) is 25.9 Å². The SMILES string of the molecule is COC(=O)c1cc(C)cc2[nH]c(-c3cc4c(C(=O)OC)cc(Br)cc4[nH]3)cc12. The van der Waals surface area contributed by atoms with Crippen LogP contribution >= 0.6 is 15.9 Å². The van der Waals surface area contributed by atoms with Gasteiger partial charge in [0, 0.05) is 26.3 Å². The molecule has 4 rings (SSSR count). The van der Waals surface area contributed by atoms with Crippen LogP contribution in [0, 0.1) is 6.92 Å². The maximum atomic E-state index is 12.2. The van der Waals surface area contributed by atoms with Crippen molar-refractivity contribution in [2.45, 2.75) is 6.92 Å². The van der Waals surface area contributed by atoms with Gasteiger partial charge < -0.3 is 19.4 Å². The molecule has 0 saturated carbocycles. The molecule has 0 amide bonds. The molecule has 0 saturated heterocycles. The van der Waals surface area contributed by atoms with Gasteiger partial charge in [-0.25, -0.2) is 9.59 Å². The summed E-state index contributed by atoms with van der Waals surface area (Å²) < 4.78 is 10.6. The molecule has 0 radical (unpaired) electrons. The van der Waals surface area contributed by atoms with E-state index < -0.39 is 5.97 Å². The van der Waals surface area contributed by atoms with Crippen molar-refractivity contribution < 1.29 is 19.1 Å². The molecule has 28 heavy (non-hydrogen) atoms. The Morgan fingerprint density at radius 1 is 0.786 bits per heavy atom. The minimum absolute atomic E-state index is 0.382. The highest BCUT2D eigenvalue weighted by Gasteiger charge is 2.18. The number of rotatable bonds is 3. The average molecular weight is 441 g/mol. The van der Waals surface area contributed by atoms with E-state index in [1.165, 1.54) is 14.2 Å². The minimum atomic E-state index is -0.405. The summed E-state index contributed by atoms with van der Waals surface area (Å²) in [6.45, 7) is 1.93. The van der Waals surface area contributed by atoms with Gasteiger partial charge in [-0.2, -0.15) is 0 Å². The topological polar surface area (TPSA) is 84.2 Å². The van der Waals surface area contributed by atoms with E-state index in [0.717, 1.165) is 43.2 Å². The van der Waals surface area contributed by atoms with Gasteiger partial charge in [0.25, 0.3) is 0 Å². The van der Waals surface area contributed by atoms with E-state index in [-0.39, 0.29) is 5.97 Å². The Hall–Kier alpha value is -3.06. The van der Waals surface area contributed by atoms with Crippen LogP contribution in [-0.4, -0.2) is 36.1 Å². The summed E-state index contributed by atoms with van der Waals surface area (Å²) in [4.78, 5) is 31.0. The van der Waals surface area contributed by atoms with Crippen LogP contribution in [-0.2, 0) is 9.47 Å². The lowest BCUT2D eigenvalue weighted by Crippen LogP contribution is -2.01. The highest BCUT2D eigenvalue weighted by Crippen LogP contribution is 2.32. The number of fused-ring (bicyclic) bond motifs is 2. The molecule has 2 heterocycles. The smallest absolute Gasteiger partial charge is 0.338 e. The molecule has 0 aliphatic heterocycles. The van der Waals surface area contributed by atoms with Crippen LogP contribution in [0.1, 0.15) is 26.3 Å². The molecular formula is C21H17BrN2O4. The molecule has 0 atom stereocenters. The molecule has 0 bridgehead atoms. The van der Waals surface area contributed by atoms with E-state index in [1.807, 2.05) is 37.3 Å². The first-order chi connectivity index (χ1) is 13.4. The van der Waals surface area contributed by atoms with Gasteiger partial charge in [-0.15, -0.1) is 0 Å². The monoisotopic (exact) mass is 440 g/mol. The second-order valence-corrected chi connectivity index (χ2v) is 7.45.